The van der Waals surface area contributed by atoms with Crippen molar-refractivity contribution in [2.75, 3.05) is 19.8 Å². The van der Waals surface area contributed by atoms with E-state index in [4.69, 9.17) is 20.2 Å². The first-order valence-corrected chi connectivity index (χ1v) is 9.69. The maximum atomic E-state index is 12.6. The summed E-state index contributed by atoms with van der Waals surface area (Å²) in [6.07, 6.45) is 6.22. The lowest BCUT2D eigenvalue weighted by molar-refractivity contribution is -0.157. The van der Waals surface area contributed by atoms with Crippen LogP contribution in [0.25, 0.3) is 0 Å². The smallest absolute Gasteiger partial charge is 0.353 e. The van der Waals surface area contributed by atoms with Gasteiger partial charge in [0.25, 0.3) is 5.91 Å². The summed E-state index contributed by atoms with van der Waals surface area (Å²) in [6.45, 7) is 4.12. The van der Waals surface area contributed by atoms with Crippen LogP contribution in [0.15, 0.2) is 42.2 Å². The van der Waals surface area contributed by atoms with Crippen LogP contribution < -0.4 is 4.74 Å². The van der Waals surface area contributed by atoms with Gasteiger partial charge in [0.05, 0.1) is 25.8 Å². The van der Waals surface area contributed by atoms with E-state index in [9.17, 15) is 9.36 Å². The number of amides is 1. The van der Waals surface area contributed by atoms with E-state index < -0.39 is 19.7 Å². The molecule has 134 valence electrons. The minimum absolute atomic E-state index is 0.149. The minimum atomic E-state index is -3.35. The second-order valence-corrected chi connectivity index (χ2v) is 7.12. The average Bonchev–Trinajstić information content (AvgIpc) is 2.61. The van der Waals surface area contributed by atoms with Crippen molar-refractivity contribution in [1.29, 1.82) is 0 Å². The molecular weight excluding hydrogens is 341 g/mol. The van der Waals surface area contributed by atoms with Crippen molar-refractivity contribution in [3.63, 3.8) is 0 Å². The number of likely N-dealkylation sites (tertiary alicyclic amines) is 1. The first-order valence-electron chi connectivity index (χ1n) is 8.08. The van der Waals surface area contributed by atoms with Crippen molar-refractivity contribution in [3.8, 4) is 18.1 Å². The largest absolute Gasteiger partial charge is 0.478 e. The lowest BCUT2D eigenvalue weighted by atomic mass is 9.98. The van der Waals surface area contributed by atoms with Gasteiger partial charge in [0.15, 0.2) is 0 Å². The zero-order chi connectivity index (χ0) is 18.3. The van der Waals surface area contributed by atoms with Crippen LogP contribution in [0.1, 0.15) is 13.8 Å². The molecule has 0 radical (unpaired) electrons. The highest BCUT2D eigenvalue weighted by Crippen LogP contribution is 2.50. The summed E-state index contributed by atoms with van der Waals surface area (Å²) < 4.78 is 28.8. The van der Waals surface area contributed by atoms with Gasteiger partial charge in [-0.3, -0.25) is 9.36 Å². The Labute approximate surface area is 148 Å². The van der Waals surface area contributed by atoms with Crippen LogP contribution in [0, 0.1) is 12.3 Å². The molecule has 0 spiro atoms. The Hall–Kier alpha value is -2.06. The first-order chi connectivity index (χ1) is 12.0. The minimum Gasteiger partial charge on any atom is -0.478 e. The van der Waals surface area contributed by atoms with Crippen LogP contribution in [-0.4, -0.2) is 42.7 Å². The third-order valence-corrected chi connectivity index (χ3v) is 5.32. The first kappa shape index (κ1) is 19.3. The van der Waals surface area contributed by atoms with E-state index in [0.29, 0.717) is 5.75 Å². The SMILES string of the molecule is C#CCN1C(=O)[C@@H](Oc2ccccc2)[C@H]1/C=C/P(=O)(OCC)OCC. The number of hydrogen-bond donors (Lipinski definition) is 0. The molecule has 0 N–H and O–H groups in total. The predicted octanol–water partition coefficient (Wildman–Crippen LogP) is 3.06. The van der Waals surface area contributed by atoms with Crippen LogP contribution in [0.2, 0.25) is 0 Å². The number of ether oxygens (including phenoxy) is 1. The van der Waals surface area contributed by atoms with Gasteiger partial charge in [-0.1, -0.05) is 24.1 Å². The van der Waals surface area contributed by atoms with E-state index in [1.54, 1.807) is 32.1 Å². The maximum Gasteiger partial charge on any atom is 0.353 e. The number of carbonyl (C=O) groups is 1. The fourth-order valence-electron chi connectivity index (χ4n) is 2.47. The average molecular weight is 363 g/mol. The summed E-state index contributed by atoms with van der Waals surface area (Å²) >= 11 is 0. The summed E-state index contributed by atoms with van der Waals surface area (Å²) in [7, 11) is -3.35. The second-order valence-electron chi connectivity index (χ2n) is 5.23. The van der Waals surface area contributed by atoms with Gasteiger partial charge in [-0.25, -0.2) is 0 Å². The van der Waals surface area contributed by atoms with E-state index in [2.05, 4.69) is 5.92 Å². The van der Waals surface area contributed by atoms with Crippen LogP contribution in [0.3, 0.4) is 0 Å². The van der Waals surface area contributed by atoms with Crippen LogP contribution in [0.5, 0.6) is 5.75 Å². The van der Waals surface area contributed by atoms with Gasteiger partial charge in [-0.2, -0.15) is 0 Å². The Kier molecular flexibility index (Phi) is 6.83. The molecule has 0 saturated carbocycles. The molecule has 25 heavy (non-hydrogen) atoms. The van der Waals surface area contributed by atoms with E-state index in [0.717, 1.165) is 0 Å². The van der Waals surface area contributed by atoms with Crippen molar-refractivity contribution >= 4 is 13.5 Å². The van der Waals surface area contributed by atoms with Crippen LogP contribution in [0.4, 0.5) is 0 Å². The summed E-state index contributed by atoms with van der Waals surface area (Å²) in [6, 6.07) is 8.60. The van der Waals surface area contributed by atoms with E-state index >= 15 is 0 Å². The zero-order valence-corrected chi connectivity index (χ0v) is 15.2. The van der Waals surface area contributed by atoms with Gasteiger partial charge < -0.3 is 18.7 Å². The molecule has 0 aliphatic carbocycles. The Bertz CT molecular complexity index is 687. The van der Waals surface area contributed by atoms with Gasteiger partial charge in [0.2, 0.25) is 6.10 Å². The molecule has 0 bridgehead atoms. The topological polar surface area (TPSA) is 65.1 Å². The molecule has 7 heteroatoms. The van der Waals surface area contributed by atoms with Gasteiger partial charge in [0, 0.05) is 5.82 Å². The summed E-state index contributed by atoms with van der Waals surface area (Å²) in [5.74, 6) is 4.19. The molecule has 1 aliphatic rings. The molecule has 1 fully saturated rings. The Balaban J connectivity index is 2.17. The monoisotopic (exact) mass is 363 g/mol. The van der Waals surface area contributed by atoms with Crippen molar-refractivity contribution in [3.05, 3.63) is 42.2 Å². The summed E-state index contributed by atoms with van der Waals surface area (Å²) in [5.41, 5.74) is 0. The zero-order valence-electron chi connectivity index (χ0n) is 14.3. The summed E-state index contributed by atoms with van der Waals surface area (Å²) in [4.78, 5) is 13.8. The molecule has 2 rings (SSSR count). The second kappa shape index (κ2) is 8.87. The highest BCUT2D eigenvalue weighted by Gasteiger charge is 2.47. The number of rotatable bonds is 9. The molecule has 1 heterocycles. The Morgan fingerprint density at radius 2 is 1.88 bits per heavy atom. The van der Waals surface area contributed by atoms with E-state index in [-0.39, 0.29) is 25.7 Å². The molecule has 1 aliphatic heterocycles. The standard InChI is InChI=1S/C18H22NO5P/c1-4-13-19-16(12-14-25(21,22-5-2)23-6-3)17(18(19)20)24-15-10-8-7-9-11-15/h1,7-12,14,16-17H,5-6,13H2,2-3H3/b14-12+/t16-,17+/m1/s1. The van der Waals surface area contributed by atoms with Crippen molar-refractivity contribution in [2.24, 2.45) is 0 Å². The molecule has 1 aromatic rings. The molecule has 2 atom stereocenters. The van der Waals surface area contributed by atoms with Crippen molar-refractivity contribution < 1.29 is 23.1 Å². The quantitative estimate of drug-likeness (QED) is 0.383. The highest BCUT2D eigenvalue weighted by atomic mass is 31.2. The summed E-state index contributed by atoms with van der Waals surface area (Å²) in [5, 5.41) is 0. The fourth-order valence-corrected chi connectivity index (χ4v) is 3.82. The van der Waals surface area contributed by atoms with Crippen LogP contribution >= 0.6 is 7.60 Å². The third kappa shape index (κ3) is 4.73. The molecular formula is C18H22NO5P. The number of nitrogens with zero attached hydrogens (tertiary/aromatic N) is 1. The Morgan fingerprint density at radius 3 is 2.44 bits per heavy atom. The fraction of sp³-hybridized carbons (Fsp3) is 0.389. The van der Waals surface area contributed by atoms with E-state index in [1.807, 2.05) is 18.2 Å². The lowest BCUT2D eigenvalue weighted by Crippen LogP contribution is -2.66. The number of para-hydroxylation sites is 1. The molecule has 1 aromatic carbocycles. The lowest BCUT2D eigenvalue weighted by Gasteiger charge is -2.44. The van der Waals surface area contributed by atoms with Gasteiger partial charge in [-0.15, -0.1) is 6.42 Å². The predicted molar refractivity (Wildman–Crippen MR) is 95.2 cm³/mol. The molecule has 0 unspecified atom stereocenters. The number of benzene rings is 1. The van der Waals surface area contributed by atoms with Gasteiger partial charge >= 0.3 is 7.60 Å². The van der Waals surface area contributed by atoms with E-state index in [1.165, 1.54) is 10.7 Å². The molecule has 0 aromatic heterocycles. The van der Waals surface area contributed by atoms with Crippen LogP contribution in [-0.2, 0) is 18.4 Å². The number of carbonyl (C=O) groups excluding carboxylic acids is 1. The number of hydrogen-bond acceptors (Lipinski definition) is 5. The molecule has 6 nitrogen and oxygen atoms in total. The number of β-lactam (4-membered cyclic amide) rings is 1. The Morgan fingerprint density at radius 1 is 1.24 bits per heavy atom. The van der Waals surface area contributed by atoms with Gasteiger partial charge in [-0.05, 0) is 32.1 Å². The van der Waals surface area contributed by atoms with Crippen molar-refractivity contribution in [2.45, 2.75) is 26.0 Å². The maximum absolute atomic E-state index is 12.6. The number of terminal acetylenes is 1. The highest BCUT2D eigenvalue weighted by molar-refractivity contribution is 7.57. The molecule has 1 saturated heterocycles. The third-order valence-electron chi connectivity index (χ3n) is 3.55. The van der Waals surface area contributed by atoms with Crippen molar-refractivity contribution in [1.82, 2.24) is 4.90 Å². The van der Waals surface area contributed by atoms with Gasteiger partial charge in [0.1, 0.15) is 5.75 Å². The normalized spacial score (nSPS) is 20.4. The molecule has 1 amide bonds.